The van der Waals surface area contributed by atoms with Crippen LogP contribution < -0.4 is 9.47 Å². The zero-order valence-corrected chi connectivity index (χ0v) is 11.2. The molecule has 2 aromatic carbocycles. The van der Waals surface area contributed by atoms with Crippen LogP contribution in [0.15, 0.2) is 24.3 Å². The van der Waals surface area contributed by atoms with Gasteiger partial charge in [0.1, 0.15) is 18.1 Å². The highest BCUT2D eigenvalue weighted by Gasteiger charge is 2.20. The fourth-order valence-corrected chi connectivity index (χ4v) is 2.32. The lowest BCUT2D eigenvalue weighted by atomic mass is 9.97. The first kappa shape index (κ1) is 13.4. The maximum absolute atomic E-state index is 11.9. The second-order valence-electron chi connectivity index (χ2n) is 4.24. The number of aliphatic hydroxyl groups excluding tert-OH is 1. The van der Waals surface area contributed by atoms with Gasteiger partial charge in [-0.25, -0.2) is 0 Å². The summed E-state index contributed by atoms with van der Waals surface area (Å²) < 4.78 is 10.7. The number of methoxy groups -OCH3 is 2. The van der Waals surface area contributed by atoms with Crippen molar-refractivity contribution in [3.05, 3.63) is 35.4 Å². The number of aliphatic hydroxyl groups is 1. The van der Waals surface area contributed by atoms with Crippen LogP contribution in [-0.2, 0) is 0 Å². The third-order valence-electron chi connectivity index (χ3n) is 3.13. The summed E-state index contributed by atoms with van der Waals surface area (Å²) in [6.07, 6.45) is 0. The molecule has 0 unspecified atom stereocenters. The van der Waals surface area contributed by atoms with E-state index < -0.39 is 6.61 Å². The number of hydrogen-bond acceptors (Lipinski definition) is 4. The monoisotopic (exact) mass is 260 g/mol. The maximum Gasteiger partial charge on any atom is 0.192 e. The number of fused-ring (bicyclic) bond motifs is 1. The van der Waals surface area contributed by atoms with Crippen LogP contribution in [0.1, 0.15) is 15.9 Å². The maximum atomic E-state index is 11.9. The fourth-order valence-electron chi connectivity index (χ4n) is 2.32. The van der Waals surface area contributed by atoms with Crippen molar-refractivity contribution < 1.29 is 19.4 Å². The molecule has 0 bridgehead atoms. The molecule has 0 aliphatic heterocycles. The Hall–Kier alpha value is -2.07. The first-order valence-corrected chi connectivity index (χ1v) is 5.92. The van der Waals surface area contributed by atoms with Gasteiger partial charge in [-0.2, -0.15) is 0 Å². The van der Waals surface area contributed by atoms with Gasteiger partial charge in [-0.15, -0.1) is 0 Å². The molecule has 0 atom stereocenters. The molecule has 0 fully saturated rings. The summed E-state index contributed by atoms with van der Waals surface area (Å²) in [5, 5.41) is 10.8. The molecule has 2 rings (SSSR count). The van der Waals surface area contributed by atoms with Crippen LogP contribution in [0.3, 0.4) is 0 Å². The van der Waals surface area contributed by atoms with Gasteiger partial charge in [0.2, 0.25) is 0 Å². The summed E-state index contributed by atoms with van der Waals surface area (Å²) in [4.78, 5) is 11.9. The van der Waals surface area contributed by atoms with Gasteiger partial charge in [-0.05, 0) is 23.9 Å². The Morgan fingerprint density at radius 1 is 1.26 bits per heavy atom. The van der Waals surface area contributed by atoms with E-state index in [1.165, 1.54) is 7.11 Å². The van der Waals surface area contributed by atoms with Crippen molar-refractivity contribution in [1.29, 1.82) is 0 Å². The molecule has 19 heavy (non-hydrogen) atoms. The van der Waals surface area contributed by atoms with Gasteiger partial charge in [0, 0.05) is 0 Å². The van der Waals surface area contributed by atoms with Crippen molar-refractivity contribution in [1.82, 2.24) is 0 Å². The molecule has 0 aliphatic rings. The minimum atomic E-state index is -0.544. The predicted molar refractivity (Wildman–Crippen MR) is 73.2 cm³/mol. The minimum absolute atomic E-state index is 0.359. The molecule has 4 heteroatoms. The standard InChI is InChI=1S/C15H16O4/c1-9-7-10-5-4-6-12(18-2)14(10)15(19-3)13(9)11(17)8-16/h4-7,16H,8H2,1-3H3. The molecule has 0 amide bonds. The minimum Gasteiger partial charge on any atom is -0.496 e. The van der Waals surface area contributed by atoms with Crippen molar-refractivity contribution in [3.63, 3.8) is 0 Å². The summed E-state index contributed by atoms with van der Waals surface area (Å²) in [6.45, 7) is 1.28. The summed E-state index contributed by atoms with van der Waals surface area (Å²) >= 11 is 0. The number of aryl methyl sites for hydroxylation is 1. The first-order chi connectivity index (χ1) is 9.13. The zero-order valence-electron chi connectivity index (χ0n) is 11.2. The molecule has 4 nitrogen and oxygen atoms in total. The summed E-state index contributed by atoms with van der Waals surface area (Å²) in [6, 6.07) is 7.52. The molecule has 100 valence electrons. The van der Waals surface area contributed by atoms with Gasteiger partial charge in [0.15, 0.2) is 5.78 Å². The summed E-state index contributed by atoms with van der Waals surface area (Å²) in [5.74, 6) is 0.731. The normalized spacial score (nSPS) is 10.5. The van der Waals surface area contributed by atoms with Crippen molar-refractivity contribution in [3.8, 4) is 11.5 Å². The van der Waals surface area contributed by atoms with E-state index in [1.54, 1.807) is 7.11 Å². The Morgan fingerprint density at radius 2 is 2.00 bits per heavy atom. The van der Waals surface area contributed by atoms with E-state index in [9.17, 15) is 4.79 Å². The van der Waals surface area contributed by atoms with Crippen LogP contribution in [0, 0.1) is 6.92 Å². The lowest BCUT2D eigenvalue weighted by Gasteiger charge is -2.15. The SMILES string of the molecule is COc1cccc2cc(C)c(C(=O)CO)c(OC)c12. The first-order valence-electron chi connectivity index (χ1n) is 5.92. The third kappa shape index (κ3) is 2.15. The Labute approximate surface area is 111 Å². The third-order valence-corrected chi connectivity index (χ3v) is 3.13. The van der Waals surface area contributed by atoms with E-state index in [-0.39, 0.29) is 5.78 Å². The van der Waals surface area contributed by atoms with E-state index in [4.69, 9.17) is 14.6 Å². The van der Waals surface area contributed by atoms with Crippen LogP contribution in [0.2, 0.25) is 0 Å². The molecule has 1 N–H and O–H groups in total. The Morgan fingerprint density at radius 3 is 2.58 bits per heavy atom. The van der Waals surface area contributed by atoms with E-state index >= 15 is 0 Å². The quantitative estimate of drug-likeness (QED) is 0.857. The molecule has 0 aromatic heterocycles. The van der Waals surface area contributed by atoms with E-state index in [0.717, 1.165) is 16.3 Å². The zero-order chi connectivity index (χ0) is 14.0. The van der Waals surface area contributed by atoms with Crippen LogP contribution in [0.5, 0.6) is 11.5 Å². The van der Waals surface area contributed by atoms with Crippen LogP contribution >= 0.6 is 0 Å². The highest BCUT2D eigenvalue weighted by atomic mass is 16.5. The number of rotatable bonds is 4. The molecule has 0 saturated carbocycles. The van der Waals surface area contributed by atoms with Crippen molar-refractivity contribution >= 4 is 16.6 Å². The lowest BCUT2D eigenvalue weighted by molar-refractivity contribution is 0.0900. The number of ether oxygens (including phenoxy) is 2. The van der Waals surface area contributed by atoms with Gasteiger partial charge in [-0.3, -0.25) is 4.79 Å². The van der Waals surface area contributed by atoms with Gasteiger partial charge in [0.25, 0.3) is 0 Å². The second kappa shape index (κ2) is 5.28. The highest BCUT2D eigenvalue weighted by Crippen LogP contribution is 2.38. The molecule has 0 spiro atoms. The largest absolute Gasteiger partial charge is 0.496 e. The average Bonchev–Trinajstić information content (AvgIpc) is 2.44. The topological polar surface area (TPSA) is 55.8 Å². The fraction of sp³-hybridized carbons (Fsp3) is 0.267. The summed E-state index contributed by atoms with van der Waals surface area (Å²) in [7, 11) is 3.08. The molecule has 0 heterocycles. The van der Waals surface area contributed by atoms with Gasteiger partial charge < -0.3 is 14.6 Å². The molecule has 0 saturated heterocycles. The number of ketones is 1. The predicted octanol–water partition coefficient (Wildman–Crippen LogP) is 2.34. The number of carbonyl (C=O) groups is 1. The molecular weight excluding hydrogens is 244 g/mol. The van der Waals surface area contributed by atoms with E-state index in [2.05, 4.69) is 0 Å². The number of hydrogen-bond donors (Lipinski definition) is 1. The van der Waals surface area contributed by atoms with Crippen LogP contribution in [0.4, 0.5) is 0 Å². The van der Waals surface area contributed by atoms with E-state index in [1.807, 2.05) is 31.2 Å². The Balaban J connectivity index is 2.90. The van der Waals surface area contributed by atoms with Crippen molar-refractivity contribution in [2.75, 3.05) is 20.8 Å². The Bertz CT molecular complexity index is 632. The molecule has 0 radical (unpaired) electrons. The molecule has 2 aromatic rings. The number of carbonyl (C=O) groups excluding carboxylic acids is 1. The molecular formula is C15H16O4. The smallest absolute Gasteiger partial charge is 0.192 e. The second-order valence-corrected chi connectivity index (χ2v) is 4.24. The number of Topliss-reactive ketones (excluding diaryl/α,β-unsaturated/α-hetero) is 1. The van der Waals surface area contributed by atoms with Gasteiger partial charge in [-0.1, -0.05) is 18.2 Å². The van der Waals surface area contributed by atoms with Crippen molar-refractivity contribution in [2.24, 2.45) is 0 Å². The summed E-state index contributed by atoms with van der Waals surface area (Å²) in [5.41, 5.74) is 1.18. The Kier molecular flexibility index (Phi) is 3.71. The van der Waals surface area contributed by atoms with Crippen LogP contribution in [0.25, 0.3) is 10.8 Å². The van der Waals surface area contributed by atoms with Gasteiger partial charge >= 0.3 is 0 Å². The average molecular weight is 260 g/mol. The van der Waals surface area contributed by atoms with Crippen LogP contribution in [-0.4, -0.2) is 31.7 Å². The van der Waals surface area contributed by atoms with Crippen molar-refractivity contribution in [2.45, 2.75) is 6.92 Å². The van der Waals surface area contributed by atoms with E-state index in [0.29, 0.717) is 17.1 Å². The highest BCUT2D eigenvalue weighted by molar-refractivity contribution is 6.08. The molecule has 0 aliphatic carbocycles. The van der Waals surface area contributed by atoms with Gasteiger partial charge in [0.05, 0.1) is 25.2 Å². The lowest BCUT2D eigenvalue weighted by Crippen LogP contribution is -2.09. The number of benzene rings is 2.